The van der Waals surface area contributed by atoms with Crippen LogP contribution in [0.25, 0.3) is 0 Å². The summed E-state index contributed by atoms with van der Waals surface area (Å²) in [5.74, 6) is -0.158. The van der Waals surface area contributed by atoms with E-state index in [4.69, 9.17) is 21.5 Å². The Kier molecular flexibility index (Phi) is 4.55. The van der Waals surface area contributed by atoms with Crippen molar-refractivity contribution in [3.63, 3.8) is 0 Å². The molecule has 0 aliphatic heterocycles. The Morgan fingerprint density at radius 3 is 2.56 bits per heavy atom. The number of hydrogen-bond acceptors (Lipinski definition) is 4. The molecule has 0 aliphatic carbocycles. The van der Waals surface area contributed by atoms with Crippen LogP contribution >= 0.6 is 11.6 Å². The van der Waals surface area contributed by atoms with Crippen molar-refractivity contribution in [1.82, 2.24) is 0 Å². The number of rotatable bonds is 4. The molecule has 0 saturated carbocycles. The molecule has 0 aliphatic rings. The van der Waals surface area contributed by atoms with Gasteiger partial charge in [-0.25, -0.2) is 13.6 Å². The number of hydrogen-bond donors (Lipinski definition) is 2. The topological polar surface area (TPSA) is 98.5 Å². The third kappa shape index (κ3) is 3.59. The van der Waals surface area contributed by atoms with Crippen LogP contribution in [-0.4, -0.2) is 26.8 Å². The van der Waals surface area contributed by atoms with Crippen molar-refractivity contribution in [2.45, 2.75) is 17.2 Å². The summed E-state index contributed by atoms with van der Waals surface area (Å²) in [6, 6.07) is 3.90. The highest BCUT2D eigenvalue weighted by atomic mass is 35.5. The van der Waals surface area contributed by atoms with Crippen LogP contribution in [0.4, 0.5) is 5.69 Å². The first-order valence-electron chi connectivity index (χ1n) is 4.91. The van der Waals surface area contributed by atoms with E-state index in [0.29, 0.717) is 5.75 Å². The molecule has 1 amide bonds. The van der Waals surface area contributed by atoms with Gasteiger partial charge in [-0.2, -0.15) is 0 Å². The first-order chi connectivity index (χ1) is 8.25. The maximum Gasteiger partial charge on any atom is 0.242 e. The highest BCUT2D eigenvalue weighted by molar-refractivity contribution is 7.89. The van der Waals surface area contributed by atoms with Crippen LogP contribution in [0.1, 0.15) is 6.92 Å². The van der Waals surface area contributed by atoms with Crippen LogP contribution in [0.2, 0.25) is 0 Å². The van der Waals surface area contributed by atoms with Gasteiger partial charge in [0.1, 0.15) is 11.1 Å². The fourth-order valence-corrected chi connectivity index (χ4v) is 1.79. The molecular weight excluding hydrogens is 280 g/mol. The second-order valence-electron chi connectivity index (χ2n) is 3.51. The maximum atomic E-state index is 11.5. The summed E-state index contributed by atoms with van der Waals surface area (Å²) in [6.45, 7) is 1.49. The van der Waals surface area contributed by atoms with Crippen molar-refractivity contribution < 1.29 is 17.9 Å². The Labute approximate surface area is 110 Å². The highest BCUT2D eigenvalue weighted by Crippen LogP contribution is 2.27. The van der Waals surface area contributed by atoms with E-state index in [-0.39, 0.29) is 10.6 Å². The van der Waals surface area contributed by atoms with E-state index < -0.39 is 21.3 Å². The largest absolute Gasteiger partial charge is 0.495 e. The molecular formula is C10H13ClN2O4S. The fourth-order valence-electron chi connectivity index (χ4n) is 1.19. The molecule has 0 heterocycles. The summed E-state index contributed by atoms with van der Waals surface area (Å²) in [5, 5.41) is 6.70. The number of amides is 1. The molecule has 1 aromatic carbocycles. The lowest BCUT2D eigenvalue weighted by molar-refractivity contribution is -0.115. The molecule has 1 rings (SSSR count). The summed E-state index contributed by atoms with van der Waals surface area (Å²) in [4.78, 5) is 11.3. The second kappa shape index (κ2) is 5.55. The highest BCUT2D eigenvalue weighted by Gasteiger charge is 2.15. The average Bonchev–Trinajstić information content (AvgIpc) is 2.27. The van der Waals surface area contributed by atoms with Gasteiger partial charge >= 0.3 is 0 Å². The Morgan fingerprint density at radius 2 is 2.11 bits per heavy atom. The fraction of sp³-hybridized carbons (Fsp3) is 0.300. The molecule has 18 heavy (non-hydrogen) atoms. The summed E-state index contributed by atoms with van der Waals surface area (Å²) >= 11 is 5.61. The number of benzene rings is 1. The first-order valence-corrected chi connectivity index (χ1v) is 6.89. The van der Waals surface area contributed by atoms with Crippen LogP contribution in [-0.2, 0) is 14.8 Å². The van der Waals surface area contributed by atoms with Crippen molar-refractivity contribution in [2.24, 2.45) is 5.14 Å². The van der Waals surface area contributed by atoms with Crippen LogP contribution in [0.5, 0.6) is 5.75 Å². The molecule has 100 valence electrons. The summed E-state index contributed by atoms with van der Waals surface area (Å²) in [6.07, 6.45) is 0. The van der Waals surface area contributed by atoms with Crippen LogP contribution in [0, 0.1) is 0 Å². The molecule has 0 aromatic heterocycles. The van der Waals surface area contributed by atoms with Crippen LogP contribution in [0.15, 0.2) is 23.1 Å². The molecule has 0 spiro atoms. The second-order valence-corrected chi connectivity index (χ2v) is 5.73. The van der Waals surface area contributed by atoms with Gasteiger partial charge in [-0.05, 0) is 25.1 Å². The van der Waals surface area contributed by atoms with Gasteiger partial charge in [0.15, 0.2) is 0 Å². The molecule has 1 atom stereocenters. The summed E-state index contributed by atoms with van der Waals surface area (Å²) < 4.78 is 27.4. The molecule has 1 unspecified atom stereocenters. The number of halogens is 1. The molecule has 0 bridgehead atoms. The average molecular weight is 293 g/mol. The Bertz CT molecular complexity index is 557. The monoisotopic (exact) mass is 292 g/mol. The van der Waals surface area contributed by atoms with E-state index in [1.807, 2.05) is 0 Å². The SMILES string of the molecule is COc1ccc(S(N)(=O)=O)cc1NC(=O)C(C)Cl. The smallest absolute Gasteiger partial charge is 0.242 e. The van der Waals surface area contributed by atoms with Crippen LogP contribution in [0.3, 0.4) is 0 Å². The summed E-state index contributed by atoms with van der Waals surface area (Å²) in [7, 11) is -2.45. The molecule has 0 fully saturated rings. The zero-order valence-corrected chi connectivity index (χ0v) is 11.4. The van der Waals surface area contributed by atoms with Crippen molar-refractivity contribution >= 4 is 33.2 Å². The van der Waals surface area contributed by atoms with E-state index in [2.05, 4.69) is 5.32 Å². The standard InChI is InChI=1S/C10H13ClN2O4S/c1-6(11)10(14)13-8-5-7(18(12,15)16)3-4-9(8)17-2/h3-6H,1-2H3,(H,13,14)(H2,12,15,16). The molecule has 0 radical (unpaired) electrons. The molecule has 6 nitrogen and oxygen atoms in total. The Hall–Kier alpha value is -1.31. The van der Waals surface area contributed by atoms with Crippen molar-refractivity contribution in [1.29, 1.82) is 0 Å². The molecule has 3 N–H and O–H groups in total. The van der Waals surface area contributed by atoms with E-state index >= 15 is 0 Å². The van der Waals surface area contributed by atoms with Crippen LogP contribution < -0.4 is 15.2 Å². The van der Waals surface area contributed by atoms with Crippen molar-refractivity contribution in [2.75, 3.05) is 12.4 Å². The number of carbonyl (C=O) groups is 1. The van der Waals surface area contributed by atoms with Crippen molar-refractivity contribution in [3.8, 4) is 5.75 Å². The number of anilines is 1. The third-order valence-corrected chi connectivity index (χ3v) is 3.23. The quantitative estimate of drug-likeness (QED) is 0.806. The summed E-state index contributed by atoms with van der Waals surface area (Å²) in [5.41, 5.74) is 0.196. The Morgan fingerprint density at radius 1 is 1.50 bits per heavy atom. The van der Waals surface area contributed by atoms with Crippen molar-refractivity contribution in [3.05, 3.63) is 18.2 Å². The van der Waals surface area contributed by atoms with E-state index in [1.54, 1.807) is 0 Å². The minimum Gasteiger partial charge on any atom is -0.495 e. The number of sulfonamides is 1. The van der Waals surface area contributed by atoms with E-state index in [1.165, 1.54) is 32.2 Å². The predicted molar refractivity (Wildman–Crippen MR) is 68.3 cm³/mol. The number of primary sulfonamides is 1. The number of methoxy groups -OCH3 is 1. The zero-order valence-electron chi connectivity index (χ0n) is 9.81. The first kappa shape index (κ1) is 14.7. The number of ether oxygens (including phenoxy) is 1. The predicted octanol–water partition coefficient (Wildman–Crippen LogP) is 0.908. The Balaban J connectivity index is 3.19. The van der Waals surface area contributed by atoms with E-state index in [9.17, 15) is 13.2 Å². The minimum absolute atomic E-state index is 0.124. The minimum atomic E-state index is -3.85. The van der Waals surface area contributed by atoms with Gasteiger partial charge in [-0.15, -0.1) is 11.6 Å². The number of nitrogens with two attached hydrogens (primary N) is 1. The molecule has 0 saturated heterocycles. The molecule has 8 heteroatoms. The number of carbonyl (C=O) groups excluding carboxylic acids is 1. The normalized spacial score (nSPS) is 12.9. The zero-order chi connectivity index (χ0) is 13.9. The lowest BCUT2D eigenvalue weighted by Crippen LogP contribution is -2.21. The van der Waals surface area contributed by atoms with Gasteiger partial charge in [0, 0.05) is 0 Å². The van der Waals surface area contributed by atoms with Gasteiger partial charge in [0.05, 0.1) is 17.7 Å². The number of alkyl halides is 1. The molecule has 1 aromatic rings. The van der Waals surface area contributed by atoms with Gasteiger partial charge in [-0.1, -0.05) is 0 Å². The number of nitrogens with one attached hydrogen (secondary N) is 1. The van der Waals surface area contributed by atoms with Gasteiger partial charge in [0.2, 0.25) is 15.9 Å². The van der Waals surface area contributed by atoms with Gasteiger partial charge < -0.3 is 10.1 Å². The lowest BCUT2D eigenvalue weighted by Gasteiger charge is -2.12. The maximum absolute atomic E-state index is 11.5. The third-order valence-electron chi connectivity index (χ3n) is 2.12. The van der Waals surface area contributed by atoms with Gasteiger partial charge in [-0.3, -0.25) is 4.79 Å². The lowest BCUT2D eigenvalue weighted by atomic mass is 10.3. The van der Waals surface area contributed by atoms with Gasteiger partial charge in [0.25, 0.3) is 0 Å². The van der Waals surface area contributed by atoms with E-state index in [0.717, 1.165) is 0 Å².